The Balaban J connectivity index is 1.35. The molecule has 6 atom stereocenters. The number of hydrogen-bond acceptors (Lipinski definition) is 5. The zero-order chi connectivity index (χ0) is 30.8. The lowest BCUT2D eigenvalue weighted by Crippen LogP contribution is -2.68. The van der Waals surface area contributed by atoms with Crippen LogP contribution in [0.4, 0.5) is 22.7 Å². The van der Waals surface area contributed by atoms with Crippen molar-refractivity contribution in [3.8, 4) is 0 Å². The molecule has 10 rings (SSSR count). The summed E-state index contributed by atoms with van der Waals surface area (Å²) in [6.45, 7) is 0. The Kier molecular flexibility index (Phi) is 5.61. The molecule has 2 unspecified atom stereocenters. The van der Waals surface area contributed by atoms with Gasteiger partial charge in [-0.05, 0) is 79.9 Å². The molecular formula is C36H23Br2N3O4. The topological polar surface area (TPSA) is 78.0 Å². The van der Waals surface area contributed by atoms with E-state index in [-0.39, 0.29) is 23.6 Å². The number of nitrogens with zero attached hydrogens (tertiary/aromatic N) is 3. The third-order valence-corrected chi connectivity index (χ3v) is 11.6. The second-order valence-electron chi connectivity index (χ2n) is 12.1. The van der Waals surface area contributed by atoms with Gasteiger partial charge in [-0.3, -0.25) is 19.2 Å². The van der Waals surface area contributed by atoms with E-state index < -0.39 is 35.1 Å². The number of imide groups is 2. The van der Waals surface area contributed by atoms with Crippen LogP contribution in [0.1, 0.15) is 5.56 Å². The lowest BCUT2D eigenvalue weighted by Gasteiger charge is -2.57. The van der Waals surface area contributed by atoms with Gasteiger partial charge in [0.05, 0.1) is 40.6 Å². The minimum Gasteiger partial charge on any atom is -0.329 e. The van der Waals surface area contributed by atoms with Gasteiger partial charge in [0.1, 0.15) is 0 Å². The van der Waals surface area contributed by atoms with Gasteiger partial charge in [-0.15, -0.1) is 0 Å². The lowest BCUT2D eigenvalue weighted by atomic mass is 9.47. The molecule has 6 aliphatic rings. The zero-order valence-electron chi connectivity index (χ0n) is 23.5. The minimum absolute atomic E-state index is 0.349. The Hall–Kier alpha value is -4.34. The summed E-state index contributed by atoms with van der Waals surface area (Å²) >= 11 is 7.10. The van der Waals surface area contributed by atoms with Gasteiger partial charge in [-0.1, -0.05) is 66.7 Å². The summed E-state index contributed by atoms with van der Waals surface area (Å²) in [4.78, 5) is 63.7. The monoisotopic (exact) mass is 719 g/mol. The molecule has 45 heavy (non-hydrogen) atoms. The summed E-state index contributed by atoms with van der Waals surface area (Å²) < 4.78 is 1.23. The third kappa shape index (κ3) is 3.20. The van der Waals surface area contributed by atoms with Crippen molar-refractivity contribution in [1.82, 2.24) is 0 Å². The molecule has 1 spiro atoms. The van der Waals surface area contributed by atoms with Gasteiger partial charge >= 0.3 is 0 Å². The summed E-state index contributed by atoms with van der Waals surface area (Å²) in [5.74, 6) is -5.54. The van der Waals surface area contributed by atoms with E-state index in [1.807, 2.05) is 72.8 Å². The molecule has 7 nitrogen and oxygen atoms in total. The molecule has 4 aromatic carbocycles. The molecule has 3 aliphatic heterocycles. The van der Waals surface area contributed by atoms with Crippen molar-refractivity contribution in [2.45, 2.75) is 5.54 Å². The number of halogens is 2. The molecule has 2 saturated heterocycles. The highest BCUT2D eigenvalue weighted by Gasteiger charge is 2.80. The van der Waals surface area contributed by atoms with Crippen LogP contribution < -0.4 is 14.7 Å². The van der Waals surface area contributed by atoms with Crippen molar-refractivity contribution in [3.63, 3.8) is 0 Å². The van der Waals surface area contributed by atoms with Gasteiger partial charge in [0.15, 0.2) is 0 Å². The molecule has 0 radical (unpaired) electrons. The first-order chi connectivity index (χ1) is 21.9. The van der Waals surface area contributed by atoms with Gasteiger partial charge in [-0.25, -0.2) is 9.80 Å². The number of hydrogen-bond donors (Lipinski definition) is 0. The summed E-state index contributed by atoms with van der Waals surface area (Å²) in [5, 5.41) is 0. The average molecular weight is 721 g/mol. The second kappa shape index (κ2) is 9.34. The number of carbonyl (C=O) groups is 4. The molecule has 3 heterocycles. The fourth-order valence-corrected chi connectivity index (χ4v) is 9.76. The maximum atomic E-state index is 15.0. The summed E-state index contributed by atoms with van der Waals surface area (Å²) in [5.41, 5.74) is 2.96. The number of anilines is 4. The van der Waals surface area contributed by atoms with Gasteiger partial charge in [0.25, 0.3) is 0 Å². The molecule has 3 aliphatic carbocycles. The van der Waals surface area contributed by atoms with Crippen LogP contribution in [-0.4, -0.2) is 29.2 Å². The largest absolute Gasteiger partial charge is 0.329 e. The van der Waals surface area contributed by atoms with Gasteiger partial charge in [0.2, 0.25) is 23.6 Å². The number of benzene rings is 4. The fraction of sp³-hybridized carbons (Fsp3) is 0.167. The van der Waals surface area contributed by atoms with E-state index in [1.54, 1.807) is 36.4 Å². The maximum Gasteiger partial charge on any atom is 0.240 e. The Morgan fingerprint density at radius 2 is 1.00 bits per heavy atom. The highest BCUT2D eigenvalue weighted by atomic mass is 79.9. The van der Waals surface area contributed by atoms with E-state index in [0.29, 0.717) is 20.3 Å². The van der Waals surface area contributed by atoms with E-state index in [4.69, 9.17) is 0 Å². The van der Waals surface area contributed by atoms with Crippen molar-refractivity contribution in [2.75, 3.05) is 14.7 Å². The van der Waals surface area contributed by atoms with Gasteiger partial charge in [0, 0.05) is 31.8 Å². The normalized spacial score (nSPS) is 29.2. The highest BCUT2D eigenvalue weighted by molar-refractivity contribution is 9.11. The third-order valence-electron chi connectivity index (χ3n) is 10.3. The Labute approximate surface area is 275 Å². The highest BCUT2D eigenvalue weighted by Crippen LogP contribution is 2.71. The molecule has 0 N–H and O–H groups in total. The Morgan fingerprint density at radius 1 is 0.533 bits per heavy atom. The predicted octanol–water partition coefficient (Wildman–Crippen LogP) is 6.74. The van der Waals surface area contributed by atoms with Crippen LogP contribution in [0.3, 0.4) is 0 Å². The van der Waals surface area contributed by atoms with Crippen molar-refractivity contribution in [3.05, 3.63) is 124 Å². The van der Waals surface area contributed by atoms with Crippen LogP contribution in [0.2, 0.25) is 0 Å². The first-order valence-corrected chi connectivity index (χ1v) is 16.4. The summed E-state index contributed by atoms with van der Waals surface area (Å²) in [6.07, 6.45) is 2.04. The van der Waals surface area contributed by atoms with Crippen molar-refractivity contribution in [1.29, 1.82) is 0 Å². The molecule has 3 fully saturated rings. The van der Waals surface area contributed by atoms with E-state index in [0.717, 1.165) is 22.5 Å². The fourth-order valence-electron chi connectivity index (χ4n) is 8.84. The first-order valence-electron chi connectivity index (χ1n) is 14.8. The van der Waals surface area contributed by atoms with E-state index in [9.17, 15) is 19.2 Å². The van der Waals surface area contributed by atoms with Crippen molar-refractivity contribution >= 4 is 83.8 Å². The molecule has 9 heteroatoms. The molecule has 2 bridgehead atoms. The second-order valence-corrected chi connectivity index (χ2v) is 13.8. The van der Waals surface area contributed by atoms with Crippen LogP contribution in [0.5, 0.6) is 0 Å². The van der Waals surface area contributed by atoms with E-state index >= 15 is 0 Å². The zero-order valence-corrected chi connectivity index (χ0v) is 26.7. The number of allylic oxidation sites excluding steroid dienone is 1. The predicted molar refractivity (Wildman–Crippen MR) is 176 cm³/mol. The van der Waals surface area contributed by atoms with Gasteiger partial charge in [-0.2, -0.15) is 0 Å². The quantitative estimate of drug-likeness (QED) is 0.219. The number of para-hydroxylation sites is 4. The van der Waals surface area contributed by atoms with Crippen LogP contribution in [0.25, 0.3) is 5.57 Å². The van der Waals surface area contributed by atoms with Gasteiger partial charge < -0.3 is 4.90 Å². The van der Waals surface area contributed by atoms with Crippen LogP contribution in [0.15, 0.2) is 118 Å². The molecule has 220 valence electrons. The number of fused-ring (bicyclic) bond motifs is 1. The average Bonchev–Trinajstić information content (AvgIpc) is 3.62. The number of amides is 4. The Morgan fingerprint density at radius 3 is 1.53 bits per heavy atom. The number of rotatable bonds is 3. The Bertz CT molecular complexity index is 1960. The number of carbonyl (C=O) groups excluding carboxylic acids is 4. The maximum absolute atomic E-state index is 15.0. The minimum atomic E-state index is -1.32. The summed E-state index contributed by atoms with van der Waals surface area (Å²) in [6, 6.07) is 31.9. The summed E-state index contributed by atoms with van der Waals surface area (Å²) in [7, 11) is 0. The van der Waals surface area contributed by atoms with Crippen molar-refractivity contribution in [2.24, 2.45) is 29.6 Å². The SMILES string of the molecule is O=C1[C@@H]2C3C=C4c5ccccc5N(c5ccccc5)C4([C@@H]2C(=O)N1c1ccccc1Br)[C@H]1C(=O)N(c2ccccc2Br)C(=O)[C@@H]31. The standard InChI is InChI=1S/C36H23Br2N3O4/c37-23-13-5-8-16-26(23)39-32(42)28-21-18-22-20-12-4-7-15-25(20)41(19-10-2-1-3-11-19)36(22,30(28)34(39)44)31-29(21)33(43)40(35(31)45)27-17-9-6-14-24(27)38/h1-18,21,28-31H/t21?,28-,29+,30+,31-,36?. The molecule has 0 aromatic heterocycles. The first kappa shape index (κ1) is 27.0. The lowest BCUT2D eigenvalue weighted by molar-refractivity contribution is -0.138. The smallest absolute Gasteiger partial charge is 0.240 e. The molecule has 1 saturated carbocycles. The van der Waals surface area contributed by atoms with Crippen LogP contribution in [-0.2, 0) is 19.2 Å². The molecule has 4 amide bonds. The van der Waals surface area contributed by atoms with E-state index in [1.165, 1.54) is 9.80 Å². The molecule has 4 aromatic rings. The molecular weight excluding hydrogens is 698 g/mol. The van der Waals surface area contributed by atoms with E-state index in [2.05, 4.69) is 36.8 Å². The van der Waals surface area contributed by atoms with Crippen molar-refractivity contribution < 1.29 is 19.2 Å². The van der Waals surface area contributed by atoms with Crippen LogP contribution in [0, 0.1) is 29.6 Å². The van der Waals surface area contributed by atoms with Crippen LogP contribution >= 0.6 is 31.9 Å².